The minimum absolute atomic E-state index is 0.206. The van der Waals surface area contributed by atoms with Crippen LogP contribution in [0.5, 0.6) is 5.75 Å². The number of phenols is 1. The summed E-state index contributed by atoms with van der Waals surface area (Å²) in [6, 6.07) is 1.24. The molecule has 1 aromatic rings. The first kappa shape index (κ1) is 20.6. The number of phenolic OH excluding ortho intramolecular Hbond substituents is 1. The van der Waals surface area contributed by atoms with Gasteiger partial charge in [-0.2, -0.15) is 13.2 Å². The minimum atomic E-state index is -4.16. The molecule has 0 aliphatic heterocycles. The lowest BCUT2D eigenvalue weighted by molar-refractivity contribution is -0.307. The number of halogens is 5. The maximum atomic E-state index is 15.2. The van der Waals surface area contributed by atoms with Crippen LogP contribution in [0.1, 0.15) is 63.9 Å². The van der Waals surface area contributed by atoms with Crippen molar-refractivity contribution in [2.45, 2.75) is 70.0 Å². The molecule has 160 valence electrons. The highest BCUT2D eigenvalue weighted by molar-refractivity contribution is 5.32. The van der Waals surface area contributed by atoms with Crippen molar-refractivity contribution in [3.8, 4) is 5.75 Å². The van der Waals surface area contributed by atoms with Gasteiger partial charge in [0, 0.05) is 5.41 Å². The zero-order valence-corrected chi connectivity index (χ0v) is 16.3. The Morgan fingerprint density at radius 1 is 0.966 bits per heavy atom. The highest BCUT2D eigenvalue weighted by Crippen LogP contribution is 2.61. The van der Waals surface area contributed by atoms with Crippen molar-refractivity contribution in [1.29, 1.82) is 0 Å². The molecule has 0 unspecified atom stereocenters. The van der Waals surface area contributed by atoms with E-state index in [0.29, 0.717) is 30.9 Å². The summed E-state index contributed by atoms with van der Waals surface area (Å²) in [7, 11) is 0. The Morgan fingerprint density at radius 3 is 2.17 bits per heavy atom. The Kier molecular flexibility index (Phi) is 4.95. The lowest BCUT2D eigenvalue weighted by Crippen LogP contribution is -2.51. The molecule has 4 aliphatic carbocycles. The third kappa shape index (κ3) is 3.35. The third-order valence-corrected chi connectivity index (χ3v) is 7.36. The van der Waals surface area contributed by atoms with Crippen LogP contribution in [0.2, 0.25) is 0 Å². The van der Waals surface area contributed by atoms with E-state index in [1.807, 2.05) is 0 Å². The van der Waals surface area contributed by atoms with Gasteiger partial charge in [0.1, 0.15) is 5.83 Å². The SMILES string of the molecule is CC1CCC(C23CCC(OC(F)(F)c4ccc(O)c(F)c4F)(C=C2F)CC3)CC1. The van der Waals surface area contributed by atoms with Gasteiger partial charge in [0.15, 0.2) is 11.6 Å². The smallest absolute Gasteiger partial charge is 0.387 e. The monoisotopic (exact) mass is 416 g/mol. The van der Waals surface area contributed by atoms with Crippen molar-refractivity contribution in [1.82, 2.24) is 0 Å². The summed E-state index contributed by atoms with van der Waals surface area (Å²) in [6.07, 6.45) is 2.21. The van der Waals surface area contributed by atoms with Gasteiger partial charge in [-0.3, -0.25) is 0 Å². The van der Waals surface area contributed by atoms with E-state index in [4.69, 9.17) is 9.84 Å². The molecule has 0 atom stereocenters. The minimum Gasteiger partial charge on any atom is -0.505 e. The number of rotatable bonds is 4. The molecule has 2 fully saturated rings. The Morgan fingerprint density at radius 2 is 1.59 bits per heavy atom. The van der Waals surface area contributed by atoms with E-state index in [1.165, 1.54) is 0 Å². The third-order valence-electron chi connectivity index (χ3n) is 7.36. The molecule has 0 spiro atoms. The molecule has 2 nitrogen and oxygen atoms in total. The van der Waals surface area contributed by atoms with Crippen LogP contribution in [0, 0.1) is 28.9 Å². The van der Waals surface area contributed by atoms with Crippen molar-refractivity contribution in [3.05, 3.63) is 41.2 Å². The number of alkyl halides is 2. The van der Waals surface area contributed by atoms with Crippen LogP contribution in [-0.2, 0) is 10.8 Å². The summed E-state index contributed by atoms with van der Waals surface area (Å²) in [6.45, 7) is 2.19. The first-order chi connectivity index (χ1) is 13.6. The zero-order valence-electron chi connectivity index (χ0n) is 16.3. The van der Waals surface area contributed by atoms with Gasteiger partial charge in [-0.25, -0.2) is 8.78 Å². The van der Waals surface area contributed by atoms with Gasteiger partial charge in [-0.1, -0.05) is 19.8 Å². The van der Waals surface area contributed by atoms with Gasteiger partial charge in [0.25, 0.3) is 0 Å². The normalized spacial score (nSPS) is 34.9. The lowest BCUT2D eigenvalue weighted by Gasteiger charge is -2.54. The van der Waals surface area contributed by atoms with E-state index >= 15 is 4.39 Å². The van der Waals surface area contributed by atoms with E-state index < -0.39 is 45.9 Å². The van der Waals surface area contributed by atoms with Crippen molar-refractivity contribution < 1.29 is 31.8 Å². The van der Waals surface area contributed by atoms with Gasteiger partial charge >= 0.3 is 6.11 Å². The van der Waals surface area contributed by atoms with Crippen molar-refractivity contribution in [2.75, 3.05) is 0 Å². The quantitative estimate of drug-likeness (QED) is 0.552. The summed E-state index contributed by atoms with van der Waals surface area (Å²) in [5, 5.41) is 9.16. The fourth-order valence-electron chi connectivity index (χ4n) is 5.50. The van der Waals surface area contributed by atoms with Gasteiger partial charge in [0.2, 0.25) is 5.82 Å². The molecule has 1 aromatic carbocycles. The maximum Gasteiger partial charge on any atom is 0.387 e. The van der Waals surface area contributed by atoms with E-state index in [9.17, 15) is 17.6 Å². The standard InChI is InChI=1S/C22H25F5O2/c1-13-2-4-14(5-3-13)21-10-8-20(9-11-21,12-17(21)23)29-22(26,27)15-6-7-16(28)19(25)18(15)24/h6-7,12-14,28H,2-5,8-11H2,1H3. The molecular weight excluding hydrogens is 391 g/mol. The van der Waals surface area contributed by atoms with Crippen molar-refractivity contribution in [2.24, 2.45) is 17.3 Å². The Labute approximate surface area is 166 Å². The number of hydrogen-bond acceptors (Lipinski definition) is 2. The van der Waals surface area contributed by atoms with E-state index in [1.54, 1.807) is 0 Å². The summed E-state index contributed by atoms with van der Waals surface area (Å²) in [4.78, 5) is 0. The highest BCUT2D eigenvalue weighted by atomic mass is 19.3. The molecule has 0 heterocycles. The molecule has 1 N–H and O–H groups in total. The maximum absolute atomic E-state index is 15.2. The summed E-state index contributed by atoms with van der Waals surface area (Å²) < 4.78 is 77.2. The second-order valence-corrected chi connectivity index (χ2v) is 9.05. The topological polar surface area (TPSA) is 29.5 Å². The van der Waals surface area contributed by atoms with Gasteiger partial charge < -0.3 is 9.84 Å². The molecule has 0 amide bonds. The molecule has 2 bridgehead atoms. The fourth-order valence-corrected chi connectivity index (χ4v) is 5.50. The zero-order chi connectivity index (χ0) is 21.0. The average Bonchev–Trinajstić information content (AvgIpc) is 2.67. The van der Waals surface area contributed by atoms with Crippen LogP contribution in [0.15, 0.2) is 24.0 Å². The summed E-state index contributed by atoms with van der Waals surface area (Å²) >= 11 is 0. The van der Waals surface area contributed by atoms with Crippen LogP contribution >= 0.6 is 0 Å². The molecular formula is C22H25F5O2. The molecule has 4 aliphatic rings. The van der Waals surface area contributed by atoms with Crippen LogP contribution in [0.3, 0.4) is 0 Å². The first-order valence-electron chi connectivity index (χ1n) is 10.2. The molecule has 29 heavy (non-hydrogen) atoms. The molecule has 0 aromatic heterocycles. The largest absolute Gasteiger partial charge is 0.505 e. The van der Waals surface area contributed by atoms with Crippen molar-refractivity contribution in [3.63, 3.8) is 0 Å². The fraction of sp³-hybridized carbons (Fsp3) is 0.636. The van der Waals surface area contributed by atoms with Crippen LogP contribution in [-0.4, -0.2) is 10.7 Å². The molecule has 0 saturated heterocycles. The molecule has 0 radical (unpaired) electrons. The highest BCUT2D eigenvalue weighted by Gasteiger charge is 2.57. The summed E-state index contributed by atoms with van der Waals surface area (Å²) in [5.74, 6) is -4.26. The number of fused-ring (bicyclic) bond motifs is 2. The van der Waals surface area contributed by atoms with Crippen LogP contribution in [0.25, 0.3) is 0 Å². The van der Waals surface area contributed by atoms with E-state index in [-0.39, 0.29) is 18.8 Å². The number of allylic oxidation sites excluding steroid dienone is 1. The second-order valence-electron chi connectivity index (χ2n) is 9.05. The van der Waals surface area contributed by atoms with Crippen LogP contribution in [0.4, 0.5) is 22.0 Å². The van der Waals surface area contributed by atoms with E-state index in [0.717, 1.165) is 31.8 Å². The average molecular weight is 416 g/mol. The molecule has 2 saturated carbocycles. The van der Waals surface area contributed by atoms with Gasteiger partial charge in [-0.05, 0) is 68.6 Å². The first-order valence-corrected chi connectivity index (χ1v) is 10.2. The van der Waals surface area contributed by atoms with Crippen LogP contribution < -0.4 is 0 Å². The number of hydrogen-bond donors (Lipinski definition) is 1. The molecule has 7 heteroatoms. The van der Waals surface area contributed by atoms with E-state index in [2.05, 4.69) is 6.92 Å². The number of benzene rings is 1. The molecule has 5 rings (SSSR count). The predicted octanol–water partition coefficient (Wildman–Crippen LogP) is 6.73. The lowest BCUT2D eigenvalue weighted by atomic mass is 9.54. The number of ether oxygens (including phenoxy) is 1. The van der Waals surface area contributed by atoms with Crippen molar-refractivity contribution >= 4 is 0 Å². The Bertz CT molecular complexity index is 819. The second kappa shape index (κ2) is 6.96. The Hall–Kier alpha value is -1.63. The predicted molar refractivity (Wildman–Crippen MR) is 96.9 cm³/mol. The van der Waals surface area contributed by atoms with Gasteiger partial charge in [-0.15, -0.1) is 0 Å². The number of aromatic hydroxyl groups is 1. The Balaban J connectivity index is 1.59. The summed E-state index contributed by atoms with van der Waals surface area (Å²) in [5.41, 5.74) is -3.45. The van der Waals surface area contributed by atoms with Gasteiger partial charge in [0.05, 0.1) is 11.2 Å².